The zero-order valence-electron chi connectivity index (χ0n) is 11.4. The van der Waals surface area contributed by atoms with Crippen LogP contribution < -0.4 is 0 Å². The van der Waals surface area contributed by atoms with E-state index in [4.69, 9.17) is 0 Å². The van der Waals surface area contributed by atoms with Crippen LogP contribution >= 0.6 is 45.2 Å². The molecule has 0 heterocycles. The van der Waals surface area contributed by atoms with E-state index in [1.807, 2.05) is 0 Å². The summed E-state index contributed by atoms with van der Waals surface area (Å²) < 4.78 is 2.48. The van der Waals surface area contributed by atoms with Crippen LogP contribution in [0.25, 0.3) is 11.1 Å². The summed E-state index contributed by atoms with van der Waals surface area (Å²) in [5, 5.41) is 0. The Morgan fingerprint density at radius 1 is 0.700 bits per heavy atom. The predicted molar refractivity (Wildman–Crippen MR) is 104 cm³/mol. The van der Waals surface area contributed by atoms with Gasteiger partial charge < -0.3 is 0 Å². The fraction of sp³-hybridized carbons (Fsp3) is 0.111. The molecule has 0 atom stereocenters. The van der Waals surface area contributed by atoms with Crippen LogP contribution in [0.4, 0.5) is 0 Å². The fourth-order valence-corrected chi connectivity index (χ4v) is 3.44. The van der Waals surface area contributed by atoms with Crippen molar-refractivity contribution in [3.05, 3.63) is 78.3 Å². The molecular formula is C18H14I2. The maximum atomic E-state index is 3.29. The van der Waals surface area contributed by atoms with Gasteiger partial charge in [-0.3, -0.25) is 0 Å². The second kappa shape index (κ2) is 7.28. The number of halogens is 2. The quantitative estimate of drug-likeness (QED) is 0.354. The van der Waals surface area contributed by atoms with Crippen LogP contribution in [0.1, 0.15) is 25.0 Å². The number of hydrogen-bond acceptors (Lipinski definition) is 0. The molecule has 0 aliphatic heterocycles. The molecule has 0 spiro atoms. The molecule has 0 radical (unpaired) electrons. The monoisotopic (exact) mass is 484 g/mol. The summed E-state index contributed by atoms with van der Waals surface area (Å²) in [6.07, 6.45) is 0. The zero-order chi connectivity index (χ0) is 14.5. The van der Waals surface area contributed by atoms with Crippen LogP contribution in [-0.4, -0.2) is 0 Å². The maximum absolute atomic E-state index is 3.29. The van der Waals surface area contributed by atoms with Crippen molar-refractivity contribution in [1.82, 2.24) is 0 Å². The van der Waals surface area contributed by atoms with Gasteiger partial charge in [0.05, 0.1) is 0 Å². The number of rotatable bonds is 2. The lowest BCUT2D eigenvalue weighted by atomic mass is 10.1. The van der Waals surface area contributed by atoms with E-state index in [0.717, 1.165) is 11.1 Å². The summed E-state index contributed by atoms with van der Waals surface area (Å²) >= 11 is 4.71. The van der Waals surface area contributed by atoms with Crippen LogP contribution in [0.2, 0.25) is 0 Å². The van der Waals surface area contributed by atoms with Gasteiger partial charge in [-0.25, -0.2) is 0 Å². The minimum Gasteiger partial charge on any atom is -0.0661 e. The molecule has 0 nitrogen and oxygen atoms in total. The summed E-state index contributed by atoms with van der Waals surface area (Å²) in [5.74, 6) is 0. The van der Waals surface area contributed by atoms with Crippen molar-refractivity contribution in [2.45, 2.75) is 13.8 Å². The Kier molecular flexibility index (Phi) is 5.67. The van der Waals surface area contributed by atoms with Crippen molar-refractivity contribution in [3.8, 4) is 0 Å². The van der Waals surface area contributed by atoms with Crippen LogP contribution in [0.3, 0.4) is 0 Å². The fourth-order valence-electron chi connectivity index (χ4n) is 1.85. The van der Waals surface area contributed by atoms with E-state index < -0.39 is 0 Å². The molecule has 0 aliphatic rings. The highest BCUT2D eigenvalue weighted by molar-refractivity contribution is 14.1. The molecule has 2 aromatic rings. The zero-order valence-corrected chi connectivity index (χ0v) is 15.7. The molecule has 0 bridgehead atoms. The molecule has 0 N–H and O–H groups in total. The summed E-state index contributed by atoms with van der Waals surface area (Å²) in [6, 6.07) is 16.7. The molecule has 0 fully saturated rings. The van der Waals surface area contributed by atoms with Crippen LogP contribution in [-0.2, 0) is 0 Å². The molecule has 2 aromatic carbocycles. The third-order valence-corrected chi connectivity index (χ3v) is 4.87. The largest absolute Gasteiger partial charge is 0.0661 e. The Labute approximate surface area is 147 Å². The van der Waals surface area contributed by atoms with Crippen molar-refractivity contribution >= 4 is 56.3 Å². The Balaban J connectivity index is 2.50. The first-order valence-electron chi connectivity index (χ1n) is 6.28. The molecule has 0 unspecified atom stereocenters. The Morgan fingerprint density at radius 2 is 1.05 bits per heavy atom. The third-order valence-electron chi connectivity index (χ3n) is 2.99. The van der Waals surface area contributed by atoms with Crippen molar-refractivity contribution in [2.75, 3.05) is 0 Å². The lowest BCUT2D eigenvalue weighted by molar-refractivity contribution is 1.52. The minimum absolute atomic E-state index is 1.11. The van der Waals surface area contributed by atoms with Gasteiger partial charge in [0.1, 0.15) is 0 Å². The van der Waals surface area contributed by atoms with Gasteiger partial charge in [0.2, 0.25) is 0 Å². The number of allylic oxidation sites excluding steroid dienone is 2. The smallest absolute Gasteiger partial charge is 0.0211 e. The molecule has 20 heavy (non-hydrogen) atoms. The molecule has 0 amide bonds. The van der Waals surface area contributed by atoms with Gasteiger partial charge in [-0.1, -0.05) is 47.9 Å². The first-order chi connectivity index (χ1) is 9.59. The Bertz CT molecular complexity index is 665. The molecule has 0 aromatic heterocycles. The van der Waals surface area contributed by atoms with E-state index >= 15 is 0 Å². The van der Waals surface area contributed by atoms with E-state index in [1.165, 1.54) is 18.3 Å². The second-order valence-electron chi connectivity index (χ2n) is 4.46. The first kappa shape index (κ1) is 15.6. The lowest BCUT2D eigenvalue weighted by Crippen LogP contribution is -1.83. The second-order valence-corrected chi connectivity index (χ2v) is 6.78. The SMILES string of the molecule is CC(=C=C=C(C)c1ccccc1I)c1ccccc1I. The van der Waals surface area contributed by atoms with Crippen molar-refractivity contribution < 1.29 is 0 Å². The van der Waals surface area contributed by atoms with Crippen molar-refractivity contribution in [2.24, 2.45) is 0 Å². The summed E-state index contributed by atoms with van der Waals surface area (Å²) in [5.41, 5.74) is 11.2. The van der Waals surface area contributed by atoms with Gasteiger partial charge in [-0.05, 0) is 82.3 Å². The molecule has 2 heteroatoms. The van der Waals surface area contributed by atoms with Crippen molar-refractivity contribution in [1.29, 1.82) is 0 Å². The van der Waals surface area contributed by atoms with Gasteiger partial charge in [-0.15, -0.1) is 0 Å². The van der Waals surface area contributed by atoms with Gasteiger partial charge in [0.25, 0.3) is 0 Å². The average Bonchev–Trinajstić information content (AvgIpc) is 2.45. The van der Waals surface area contributed by atoms with E-state index in [-0.39, 0.29) is 0 Å². The van der Waals surface area contributed by atoms with Crippen LogP contribution in [0, 0.1) is 7.14 Å². The first-order valence-corrected chi connectivity index (χ1v) is 8.44. The van der Waals surface area contributed by atoms with Crippen molar-refractivity contribution in [3.63, 3.8) is 0 Å². The molecular weight excluding hydrogens is 470 g/mol. The molecule has 0 saturated heterocycles. The van der Waals surface area contributed by atoms with E-state index in [0.29, 0.717) is 0 Å². The van der Waals surface area contributed by atoms with Crippen LogP contribution in [0.5, 0.6) is 0 Å². The summed E-state index contributed by atoms with van der Waals surface area (Å²) in [7, 11) is 0. The molecule has 100 valence electrons. The molecule has 0 saturated carbocycles. The average molecular weight is 484 g/mol. The highest BCUT2D eigenvalue weighted by Crippen LogP contribution is 2.21. The van der Waals surface area contributed by atoms with Gasteiger partial charge in [-0.2, -0.15) is 0 Å². The van der Waals surface area contributed by atoms with E-state index in [1.54, 1.807) is 0 Å². The Hall–Kier alpha value is -0.800. The van der Waals surface area contributed by atoms with Gasteiger partial charge in [0.15, 0.2) is 0 Å². The molecule has 0 aliphatic carbocycles. The van der Waals surface area contributed by atoms with E-state index in [2.05, 4.69) is 119 Å². The third kappa shape index (κ3) is 3.86. The summed E-state index contributed by atoms with van der Waals surface area (Å²) in [6.45, 7) is 4.15. The lowest BCUT2D eigenvalue weighted by Gasteiger charge is -2.01. The highest BCUT2D eigenvalue weighted by atomic mass is 127. The maximum Gasteiger partial charge on any atom is 0.0211 e. The van der Waals surface area contributed by atoms with E-state index in [9.17, 15) is 0 Å². The number of hydrogen-bond donors (Lipinski definition) is 0. The predicted octanol–water partition coefficient (Wildman–Crippen LogP) is 6.16. The molecule has 2 rings (SSSR count). The Morgan fingerprint density at radius 3 is 1.40 bits per heavy atom. The summed E-state index contributed by atoms with van der Waals surface area (Å²) in [4.78, 5) is 0. The van der Waals surface area contributed by atoms with Crippen LogP contribution in [0.15, 0.2) is 60.0 Å². The normalized spacial score (nSPS) is 9.60. The minimum atomic E-state index is 1.11. The van der Waals surface area contributed by atoms with Gasteiger partial charge >= 0.3 is 0 Å². The highest BCUT2D eigenvalue weighted by Gasteiger charge is 2.00. The topological polar surface area (TPSA) is 0 Å². The number of benzene rings is 2. The van der Waals surface area contributed by atoms with Gasteiger partial charge in [0, 0.05) is 18.3 Å². The standard InChI is InChI=1S/C18H14I2/c1-13(15-7-3-5-9-17(15)19)11-12-14(2)16-8-4-6-10-18(16)20/h3-10H,1-2H3.